The number of hydrogen-bond donors (Lipinski definition) is 0. The highest BCUT2D eigenvalue weighted by Crippen LogP contribution is 2.29. The second kappa shape index (κ2) is 7.46. The van der Waals surface area contributed by atoms with E-state index in [1.807, 2.05) is 30.3 Å². The molecule has 0 amide bonds. The number of aromatic nitrogens is 1. The number of ether oxygens (including phenoxy) is 1. The molecule has 1 aromatic carbocycles. The van der Waals surface area contributed by atoms with Crippen molar-refractivity contribution in [3.05, 3.63) is 52.3 Å². The fourth-order valence-electron chi connectivity index (χ4n) is 2.47. The third-order valence-corrected chi connectivity index (χ3v) is 3.64. The molecule has 4 nitrogen and oxygen atoms in total. The Balaban J connectivity index is 2.62. The smallest absolute Gasteiger partial charge is 0.255 e. The van der Waals surface area contributed by atoms with Crippen LogP contribution in [0.1, 0.15) is 25.3 Å². The molecule has 4 heteroatoms. The number of unbranched alkanes of at least 4 members (excludes halogenated alkanes) is 1. The van der Waals surface area contributed by atoms with Crippen LogP contribution < -0.4 is 10.3 Å². The fraction of sp³-hybridized carbons (Fsp3) is 0.333. The van der Waals surface area contributed by atoms with Crippen LogP contribution in [-0.2, 0) is 13.0 Å². The molecule has 0 saturated heterocycles. The summed E-state index contributed by atoms with van der Waals surface area (Å²) in [6.45, 7) is 2.73. The standard InChI is InChI=1S/C18H20N2O2/c1-3-4-13-20-16(10-9-14(11-12-19)18(20)21)15-7-5-6-8-17(15)22-2/h5-10H,3-4,11,13H2,1-2H3. The van der Waals surface area contributed by atoms with Crippen molar-refractivity contribution in [2.45, 2.75) is 32.7 Å². The van der Waals surface area contributed by atoms with Gasteiger partial charge in [0.1, 0.15) is 5.75 Å². The molecule has 0 atom stereocenters. The quantitative estimate of drug-likeness (QED) is 0.821. The molecule has 1 heterocycles. The molecule has 0 aliphatic carbocycles. The monoisotopic (exact) mass is 296 g/mol. The van der Waals surface area contributed by atoms with E-state index >= 15 is 0 Å². The Kier molecular flexibility index (Phi) is 5.37. The van der Waals surface area contributed by atoms with Crippen LogP contribution in [0.15, 0.2) is 41.2 Å². The van der Waals surface area contributed by atoms with Gasteiger partial charge in [-0.25, -0.2) is 0 Å². The molecule has 0 N–H and O–H groups in total. The van der Waals surface area contributed by atoms with Gasteiger partial charge in [0.05, 0.1) is 25.3 Å². The predicted molar refractivity (Wildman–Crippen MR) is 86.9 cm³/mol. The Bertz CT molecular complexity index is 741. The number of nitriles is 1. The van der Waals surface area contributed by atoms with Gasteiger partial charge in [0, 0.05) is 17.7 Å². The maximum absolute atomic E-state index is 12.6. The van der Waals surface area contributed by atoms with Crippen molar-refractivity contribution in [1.29, 1.82) is 5.26 Å². The Morgan fingerprint density at radius 3 is 2.68 bits per heavy atom. The molecule has 2 rings (SSSR count). The number of rotatable bonds is 6. The Morgan fingerprint density at radius 2 is 2.00 bits per heavy atom. The van der Waals surface area contributed by atoms with Gasteiger partial charge >= 0.3 is 0 Å². The highest BCUT2D eigenvalue weighted by molar-refractivity contribution is 5.67. The summed E-state index contributed by atoms with van der Waals surface area (Å²) in [7, 11) is 1.62. The van der Waals surface area contributed by atoms with E-state index in [4.69, 9.17) is 10.00 Å². The Morgan fingerprint density at radius 1 is 1.23 bits per heavy atom. The fourth-order valence-corrected chi connectivity index (χ4v) is 2.47. The zero-order valence-corrected chi connectivity index (χ0v) is 13.0. The van der Waals surface area contributed by atoms with Gasteiger partial charge in [-0.05, 0) is 24.6 Å². The first-order valence-electron chi connectivity index (χ1n) is 7.46. The van der Waals surface area contributed by atoms with E-state index < -0.39 is 0 Å². The van der Waals surface area contributed by atoms with Crippen molar-refractivity contribution >= 4 is 0 Å². The highest BCUT2D eigenvalue weighted by atomic mass is 16.5. The predicted octanol–water partition coefficient (Wildman–Crippen LogP) is 3.39. The van der Waals surface area contributed by atoms with Crippen LogP contribution in [0.4, 0.5) is 0 Å². The average molecular weight is 296 g/mol. The Hall–Kier alpha value is -2.54. The molecule has 0 radical (unpaired) electrons. The summed E-state index contributed by atoms with van der Waals surface area (Å²) in [6, 6.07) is 13.4. The van der Waals surface area contributed by atoms with Crippen molar-refractivity contribution in [3.8, 4) is 23.1 Å². The summed E-state index contributed by atoms with van der Waals surface area (Å²) in [5.41, 5.74) is 2.18. The van der Waals surface area contributed by atoms with Gasteiger partial charge in [-0.2, -0.15) is 5.26 Å². The molecular formula is C18H20N2O2. The lowest BCUT2D eigenvalue weighted by molar-refractivity contribution is 0.416. The first kappa shape index (κ1) is 15.8. The van der Waals surface area contributed by atoms with Crippen molar-refractivity contribution < 1.29 is 4.74 Å². The van der Waals surface area contributed by atoms with Gasteiger partial charge in [-0.1, -0.05) is 31.5 Å². The number of hydrogen-bond acceptors (Lipinski definition) is 3. The summed E-state index contributed by atoms with van der Waals surface area (Å²) < 4.78 is 7.17. The van der Waals surface area contributed by atoms with E-state index in [-0.39, 0.29) is 12.0 Å². The van der Waals surface area contributed by atoms with Crippen LogP contribution in [-0.4, -0.2) is 11.7 Å². The third kappa shape index (κ3) is 3.20. The van der Waals surface area contributed by atoms with Crippen LogP contribution in [0.3, 0.4) is 0 Å². The molecule has 114 valence electrons. The summed E-state index contributed by atoms with van der Waals surface area (Å²) in [5, 5.41) is 8.86. The molecule has 0 aliphatic heterocycles. The average Bonchev–Trinajstić information content (AvgIpc) is 2.55. The van der Waals surface area contributed by atoms with E-state index in [0.717, 1.165) is 29.8 Å². The van der Waals surface area contributed by atoms with Crippen molar-refractivity contribution in [2.24, 2.45) is 0 Å². The molecular weight excluding hydrogens is 276 g/mol. The van der Waals surface area contributed by atoms with Crippen LogP contribution in [0.2, 0.25) is 0 Å². The normalized spacial score (nSPS) is 10.2. The largest absolute Gasteiger partial charge is 0.496 e. The van der Waals surface area contributed by atoms with E-state index in [9.17, 15) is 4.79 Å². The summed E-state index contributed by atoms with van der Waals surface area (Å²) in [6.07, 6.45) is 2.05. The number of para-hydroxylation sites is 1. The molecule has 0 fully saturated rings. The third-order valence-electron chi connectivity index (χ3n) is 3.64. The van der Waals surface area contributed by atoms with Gasteiger partial charge < -0.3 is 9.30 Å². The van der Waals surface area contributed by atoms with Gasteiger partial charge in [-0.15, -0.1) is 0 Å². The van der Waals surface area contributed by atoms with Crippen LogP contribution >= 0.6 is 0 Å². The van der Waals surface area contributed by atoms with Gasteiger partial charge in [0.15, 0.2) is 0 Å². The Labute approximate surface area is 130 Å². The van der Waals surface area contributed by atoms with Gasteiger partial charge in [0.2, 0.25) is 0 Å². The lowest BCUT2D eigenvalue weighted by Gasteiger charge is -2.16. The SMILES string of the molecule is CCCCn1c(-c2ccccc2OC)ccc(CC#N)c1=O. The van der Waals surface area contributed by atoms with E-state index in [2.05, 4.69) is 13.0 Å². The van der Waals surface area contributed by atoms with Crippen molar-refractivity contribution in [1.82, 2.24) is 4.57 Å². The van der Waals surface area contributed by atoms with E-state index in [1.54, 1.807) is 17.7 Å². The molecule has 0 saturated carbocycles. The van der Waals surface area contributed by atoms with E-state index in [0.29, 0.717) is 12.1 Å². The number of benzene rings is 1. The topological polar surface area (TPSA) is 55.0 Å². The van der Waals surface area contributed by atoms with Crippen LogP contribution in [0.5, 0.6) is 5.75 Å². The second-order valence-electron chi connectivity index (χ2n) is 5.09. The van der Waals surface area contributed by atoms with Gasteiger partial charge in [-0.3, -0.25) is 4.79 Å². The van der Waals surface area contributed by atoms with Crippen LogP contribution in [0.25, 0.3) is 11.3 Å². The number of methoxy groups -OCH3 is 1. The van der Waals surface area contributed by atoms with Crippen molar-refractivity contribution in [3.63, 3.8) is 0 Å². The second-order valence-corrected chi connectivity index (χ2v) is 5.09. The summed E-state index contributed by atoms with van der Waals surface area (Å²) >= 11 is 0. The van der Waals surface area contributed by atoms with E-state index in [1.165, 1.54) is 0 Å². The lowest BCUT2D eigenvalue weighted by atomic mass is 10.1. The summed E-state index contributed by atoms with van der Waals surface area (Å²) in [5.74, 6) is 0.736. The first-order chi connectivity index (χ1) is 10.7. The maximum Gasteiger partial charge on any atom is 0.255 e. The number of nitrogens with zero attached hydrogens (tertiary/aromatic N) is 2. The maximum atomic E-state index is 12.6. The number of pyridine rings is 1. The molecule has 0 unspecified atom stereocenters. The molecule has 0 bridgehead atoms. The lowest BCUT2D eigenvalue weighted by Crippen LogP contribution is -2.25. The first-order valence-corrected chi connectivity index (χ1v) is 7.46. The molecule has 2 aromatic rings. The molecule has 22 heavy (non-hydrogen) atoms. The zero-order valence-electron chi connectivity index (χ0n) is 13.0. The molecule has 0 spiro atoms. The minimum absolute atomic E-state index is 0.0848. The highest BCUT2D eigenvalue weighted by Gasteiger charge is 2.13. The summed E-state index contributed by atoms with van der Waals surface area (Å²) in [4.78, 5) is 12.6. The molecule has 1 aromatic heterocycles. The minimum Gasteiger partial charge on any atom is -0.496 e. The van der Waals surface area contributed by atoms with Crippen LogP contribution in [0, 0.1) is 11.3 Å². The molecule has 0 aliphatic rings. The zero-order chi connectivity index (χ0) is 15.9. The minimum atomic E-state index is -0.0848. The van der Waals surface area contributed by atoms with Gasteiger partial charge in [0.25, 0.3) is 5.56 Å². The van der Waals surface area contributed by atoms with Crippen molar-refractivity contribution in [2.75, 3.05) is 7.11 Å².